The van der Waals surface area contributed by atoms with Gasteiger partial charge in [-0.25, -0.2) is 0 Å². The van der Waals surface area contributed by atoms with Crippen molar-refractivity contribution >= 4 is 5.78 Å². The first-order chi connectivity index (χ1) is 12.9. The molecule has 0 heterocycles. The number of ketones is 1. The third-order valence-electron chi connectivity index (χ3n) is 10.1. The fraction of sp³-hybridized carbons (Fsp3) is 0.880. The molecule has 0 aromatic heterocycles. The first-order valence-corrected chi connectivity index (χ1v) is 11.9. The van der Waals surface area contributed by atoms with Gasteiger partial charge in [0.15, 0.2) is 0 Å². The Morgan fingerprint density at radius 3 is 2.48 bits per heavy atom. The number of Topliss-reactive ketones (excluding diaryl/α,β-unsaturated/α-hetero) is 1. The second-order valence-corrected chi connectivity index (χ2v) is 11.2. The van der Waals surface area contributed by atoms with Crippen molar-refractivity contribution in [3.05, 3.63) is 11.6 Å². The van der Waals surface area contributed by atoms with E-state index in [9.17, 15) is 9.90 Å². The zero-order chi connectivity index (χ0) is 18.8. The van der Waals surface area contributed by atoms with Gasteiger partial charge in [0.2, 0.25) is 0 Å². The van der Waals surface area contributed by atoms with Crippen LogP contribution in [0, 0.1) is 40.4 Å². The number of carbonyl (C=O) groups is 1. The van der Waals surface area contributed by atoms with Gasteiger partial charge in [0.1, 0.15) is 5.78 Å². The Bertz CT molecular complexity index is 645. The van der Waals surface area contributed by atoms with Gasteiger partial charge in [-0.1, -0.05) is 44.8 Å². The van der Waals surface area contributed by atoms with Gasteiger partial charge in [0, 0.05) is 11.3 Å². The summed E-state index contributed by atoms with van der Waals surface area (Å²) in [6.45, 7) is 4.82. The van der Waals surface area contributed by atoms with Gasteiger partial charge in [0.05, 0.1) is 6.10 Å². The van der Waals surface area contributed by atoms with Crippen LogP contribution in [0.3, 0.4) is 0 Å². The lowest BCUT2D eigenvalue weighted by atomic mass is 9.48. The van der Waals surface area contributed by atoms with Crippen LogP contribution in [-0.4, -0.2) is 17.0 Å². The number of hydrogen-bond donors (Lipinski definition) is 1. The lowest BCUT2D eigenvalue weighted by molar-refractivity contribution is -0.135. The van der Waals surface area contributed by atoms with Crippen molar-refractivity contribution in [3.63, 3.8) is 0 Å². The summed E-state index contributed by atoms with van der Waals surface area (Å²) in [4.78, 5) is 13.6. The first kappa shape index (κ1) is 18.4. The zero-order valence-electron chi connectivity index (χ0n) is 17.4. The molecule has 0 bridgehead atoms. The Kier molecular flexibility index (Phi) is 4.39. The molecule has 5 aliphatic rings. The van der Waals surface area contributed by atoms with E-state index in [0.29, 0.717) is 29.5 Å². The van der Waals surface area contributed by atoms with Crippen molar-refractivity contribution < 1.29 is 9.90 Å². The summed E-state index contributed by atoms with van der Waals surface area (Å²) in [5, 5.41) is 10.2. The van der Waals surface area contributed by atoms with Crippen molar-refractivity contribution in [2.45, 2.75) is 97.0 Å². The van der Waals surface area contributed by atoms with E-state index >= 15 is 0 Å². The average Bonchev–Trinajstić information content (AvgIpc) is 2.94. The summed E-state index contributed by atoms with van der Waals surface area (Å²) >= 11 is 0. The Morgan fingerprint density at radius 1 is 0.963 bits per heavy atom. The largest absolute Gasteiger partial charge is 0.393 e. The van der Waals surface area contributed by atoms with E-state index in [0.717, 1.165) is 38.0 Å². The Balaban J connectivity index is 1.43. The fourth-order valence-electron chi connectivity index (χ4n) is 8.45. The van der Waals surface area contributed by atoms with Crippen LogP contribution in [0.2, 0.25) is 0 Å². The molecule has 0 aromatic carbocycles. The van der Waals surface area contributed by atoms with Crippen molar-refractivity contribution in [3.8, 4) is 0 Å². The van der Waals surface area contributed by atoms with E-state index in [4.69, 9.17) is 0 Å². The highest BCUT2D eigenvalue weighted by Crippen LogP contribution is 2.65. The molecule has 0 aromatic rings. The molecule has 0 unspecified atom stereocenters. The molecule has 0 amide bonds. The average molecular weight is 371 g/mol. The first-order valence-electron chi connectivity index (χ1n) is 11.9. The lowest BCUT2D eigenvalue weighted by Crippen LogP contribution is -2.50. The summed E-state index contributed by atoms with van der Waals surface area (Å²) < 4.78 is 0. The van der Waals surface area contributed by atoms with Gasteiger partial charge in [-0.2, -0.15) is 0 Å². The van der Waals surface area contributed by atoms with E-state index in [-0.39, 0.29) is 16.9 Å². The van der Waals surface area contributed by atoms with Crippen LogP contribution in [-0.2, 0) is 4.79 Å². The van der Waals surface area contributed by atoms with Crippen LogP contribution in [0.25, 0.3) is 0 Å². The summed E-state index contributed by atoms with van der Waals surface area (Å²) in [5.41, 5.74) is 1.79. The normalized spacial score (nSPS) is 50.6. The summed E-state index contributed by atoms with van der Waals surface area (Å²) in [7, 11) is 0. The van der Waals surface area contributed by atoms with Gasteiger partial charge in [-0.15, -0.1) is 0 Å². The number of fused-ring (bicyclic) bond motifs is 5. The highest BCUT2D eigenvalue weighted by molar-refractivity contribution is 5.89. The molecule has 150 valence electrons. The summed E-state index contributed by atoms with van der Waals surface area (Å²) in [6, 6.07) is 0. The maximum Gasteiger partial charge on any atom is 0.142 e. The zero-order valence-corrected chi connectivity index (χ0v) is 17.4. The molecular formula is C25H38O2. The minimum atomic E-state index is -0.126. The third-order valence-corrected chi connectivity index (χ3v) is 10.1. The number of carbonyl (C=O) groups excluding carboxylic acids is 1. The molecule has 2 nitrogen and oxygen atoms in total. The van der Waals surface area contributed by atoms with E-state index in [1.165, 1.54) is 44.9 Å². The van der Waals surface area contributed by atoms with Crippen LogP contribution in [0.15, 0.2) is 11.6 Å². The molecule has 0 radical (unpaired) electrons. The monoisotopic (exact) mass is 370 g/mol. The molecule has 27 heavy (non-hydrogen) atoms. The second-order valence-electron chi connectivity index (χ2n) is 11.2. The van der Waals surface area contributed by atoms with Crippen molar-refractivity contribution in [2.24, 2.45) is 40.4 Å². The van der Waals surface area contributed by atoms with E-state index in [1.54, 1.807) is 5.57 Å². The van der Waals surface area contributed by atoms with Crippen LogP contribution < -0.4 is 0 Å². The molecule has 0 saturated heterocycles. The van der Waals surface area contributed by atoms with Crippen molar-refractivity contribution in [2.75, 3.05) is 0 Å². The van der Waals surface area contributed by atoms with E-state index in [1.807, 2.05) is 0 Å². The molecule has 4 saturated carbocycles. The molecule has 1 N–H and O–H groups in total. The predicted octanol–water partition coefficient (Wildman–Crippen LogP) is 5.69. The Labute approximate surface area is 165 Å². The summed E-state index contributed by atoms with van der Waals surface area (Å²) in [5.74, 6) is 3.74. The molecule has 4 fully saturated rings. The SMILES string of the molecule is C[C@]12CC[C@@H](O)CC1=CC[C@@H]1[C@@H]2CC[C@]2(C)C(=O)[C@H](C3CCCCC3)C[C@@H]12. The molecular weight excluding hydrogens is 332 g/mol. The number of rotatable bonds is 1. The Morgan fingerprint density at radius 2 is 1.70 bits per heavy atom. The van der Waals surface area contributed by atoms with E-state index < -0.39 is 0 Å². The molecule has 5 aliphatic carbocycles. The van der Waals surface area contributed by atoms with Crippen LogP contribution in [0.5, 0.6) is 0 Å². The standard InChI is InChI=1S/C25H38O2/c1-24-12-10-18(26)14-17(24)8-9-19-21(24)11-13-25(2)22(19)15-20(23(25)27)16-6-4-3-5-7-16/h8,16,18-22,26H,3-7,9-15H2,1-2H3/t18-,19-,20+,21+,22+,24+,25+/m1/s1. The highest BCUT2D eigenvalue weighted by Gasteiger charge is 2.61. The number of allylic oxidation sites excluding steroid dienone is 1. The highest BCUT2D eigenvalue weighted by atomic mass is 16.3. The minimum Gasteiger partial charge on any atom is -0.393 e. The fourth-order valence-corrected chi connectivity index (χ4v) is 8.45. The van der Waals surface area contributed by atoms with Gasteiger partial charge >= 0.3 is 0 Å². The van der Waals surface area contributed by atoms with Crippen LogP contribution >= 0.6 is 0 Å². The minimum absolute atomic E-state index is 0.0425. The van der Waals surface area contributed by atoms with Gasteiger partial charge in [-0.3, -0.25) is 4.79 Å². The topological polar surface area (TPSA) is 37.3 Å². The number of aliphatic hydroxyl groups is 1. The maximum atomic E-state index is 13.6. The van der Waals surface area contributed by atoms with Crippen LogP contribution in [0.1, 0.15) is 90.9 Å². The molecule has 5 rings (SSSR count). The van der Waals surface area contributed by atoms with Crippen LogP contribution in [0.4, 0.5) is 0 Å². The maximum absolute atomic E-state index is 13.6. The van der Waals surface area contributed by atoms with Gasteiger partial charge in [0.25, 0.3) is 0 Å². The van der Waals surface area contributed by atoms with Gasteiger partial charge in [-0.05, 0) is 86.9 Å². The smallest absolute Gasteiger partial charge is 0.142 e. The molecule has 0 aliphatic heterocycles. The molecule has 2 heteroatoms. The number of aliphatic hydroxyl groups excluding tert-OH is 1. The quantitative estimate of drug-likeness (QED) is 0.602. The number of hydrogen-bond acceptors (Lipinski definition) is 2. The van der Waals surface area contributed by atoms with Gasteiger partial charge < -0.3 is 5.11 Å². The lowest BCUT2D eigenvalue weighted by Gasteiger charge is -2.56. The molecule has 7 atom stereocenters. The summed E-state index contributed by atoms with van der Waals surface area (Å²) in [6.07, 6.45) is 16.7. The predicted molar refractivity (Wildman–Crippen MR) is 108 cm³/mol. The third kappa shape index (κ3) is 2.65. The Hall–Kier alpha value is -0.630. The van der Waals surface area contributed by atoms with Crippen molar-refractivity contribution in [1.29, 1.82) is 0 Å². The van der Waals surface area contributed by atoms with E-state index in [2.05, 4.69) is 19.9 Å². The molecule has 0 spiro atoms. The van der Waals surface area contributed by atoms with Crippen molar-refractivity contribution in [1.82, 2.24) is 0 Å². The second kappa shape index (κ2) is 6.44.